The maximum atomic E-state index is 10.4. The summed E-state index contributed by atoms with van der Waals surface area (Å²) in [6, 6.07) is 1.97. The van der Waals surface area contributed by atoms with Crippen molar-refractivity contribution in [2.75, 3.05) is 0 Å². The number of carboxylic acid groups (broad SMARTS) is 2. The molecule has 2 N–H and O–H groups in total. The van der Waals surface area contributed by atoms with Gasteiger partial charge in [0.05, 0.1) is 0 Å². The lowest BCUT2D eigenvalue weighted by Gasteiger charge is -2.03. The Morgan fingerprint density at radius 3 is 1.78 bits per heavy atom. The Hall–Kier alpha value is -1.91. The zero-order valence-electron chi connectivity index (χ0n) is 10.1. The quantitative estimate of drug-likeness (QED) is 0.736. The molecule has 5 nitrogen and oxygen atoms in total. The molecule has 0 bridgehead atoms. The van der Waals surface area contributed by atoms with Gasteiger partial charge in [0.25, 0.3) is 0 Å². The number of carbonyl (C=O) groups is 2. The van der Waals surface area contributed by atoms with Crippen LogP contribution in [0.25, 0.3) is 0 Å². The van der Waals surface area contributed by atoms with E-state index in [0.717, 1.165) is 11.1 Å². The van der Waals surface area contributed by atoms with Gasteiger partial charge in [0.15, 0.2) is 0 Å². The van der Waals surface area contributed by atoms with Crippen molar-refractivity contribution in [3.63, 3.8) is 0 Å². The lowest BCUT2D eigenvalue weighted by Crippen LogP contribution is -1.98. The maximum absolute atomic E-state index is 10.4. The average molecular weight is 251 g/mol. The van der Waals surface area contributed by atoms with Gasteiger partial charge in [0.2, 0.25) is 0 Å². The number of carboxylic acids is 2. The number of pyridine rings is 1. The van der Waals surface area contributed by atoms with Crippen LogP contribution < -0.4 is 0 Å². The van der Waals surface area contributed by atoms with Crippen molar-refractivity contribution in [1.82, 2.24) is 4.98 Å². The predicted octanol–water partition coefficient (Wildman–Crippen LogP) is 1.90. The molecule has 0 amide bonds. The fourth-order valence-corrected chi connectivity index (χ4v) is 1.70. The molecule has 0 radical (unpaired) electrons. The molecule has 0 saturated carbocycles. The zero-order chi connectivity index (χ0) is 13.4. The first-order valence-electron chi connectivity index (χ1n) is 5.94. The Morgan fingerprint density at radius 2 is 1.39 bits per heavy atom. The SMILES string of the molecule is O=C(O)CCCc1cncc(CCCC(=O)O)c1. The van der Waals surface area contributed by atoms with Crippen molar-refractivity contribution in [3.05, 3.63) is 29.6 Å². The molecular formula is C13H17NO4. The molecule has 98 valence electrons. The first-order valence-corrected chi connectivity index (χ1v) is 5.94. The van der Waals surface area contributed by atoms with Crippen LogP contribution in [0.4, 0.5) is 0 Å². The van der Waals surface area contributed by atoms with Crippen molar-refractivity contribution in [3.8, 4) is 0 Å². The smallest absolute Gasteiger partial charge is 0.303 e. The first-order chi connectivity index (χ1) is 8.58. The van der Waals surface area contributed by atoms with Gasteiger partial charge in [-0.2, -0.15) is 0 Å². The van der Waals surface area contributed by atoms with E-state index in [1.807, 2.05) is 6.07 Å². The number of rotatable bonds is 8. The van der Waals surface area contributed by atoms with E-state index in [-0.39, 0.29) is 12.8 Å². The third kappa shape index (κ3) is 5.98. The molecule has 0 fully saturated rings. The van der Waals surface area contributed by atoms with Gasteiger partial charge in [-0.05, 0) is 36.8 Å². The highest BCUT2D eigenvalue weighted by atomic mass is 16.4. The molecule has 0 spiro atoms. The van der Waals surface area contributed by atoms with E-state index in [9.17, 15) is 9.59 Å². The molecule has 0 aliphatic carbocycles. The van der Waals surface area contributed by atoms with Crippen LogP contribution in [-0.4, -0.2) is 27.1 Å². The molecule has 0 atom stereocenters. The van der Waals surface area contributed by atoms with Gasteiger partial charge >= 0.3 is 11.9 Å². The number of hydrogen-bond acceptors (Lipinski definition) is 3. The highest BCUT2D eigenvalue weighted by Crippen LogP contribution is 2.09. The molecule has 0 unspecified atom stereocenters. The zero-order valence-corrected chi connectivity index (χ0v) is 10.1. The largest absolute Gasteiger partial charge is 0.481 e. The number of aromatic nitrogens is 1. The second kappa shape index (κ2) is 7.42. The van der Waals surface area contributed by atoms with E-state index in [2.05, 4.69) is 4.98 Å². The van der Waals surface area contributed by atoms with Crippen LogP contribution in [0.5, 0.6) is 0 Å². The van der Waals surface area contributed by atoms with Gasteiger partial charge in [-0.3, -0.25) is 14.6 Å². The minimum Gasteiger partial charge on any atom is -0.481 e. The summed E-state index contributed by atoms with van der Waals surface area (Å²) < 4.78 is 0. The van der Waals surface area contributed by atoms with Gasteiger partial charge in [0.1, 0.15) is 0 Å². The van der Waals surface area contributed by atoms with Crippen LogP contribution >= 0.6 is 0 Å². The summed E-state index contributed by atoms with van der Waals surface area (Å²) in [6.07, 6.45) is 6.32. The van der Waals surface area contributed by atoms with E-state index < -0.39 is 11.9 Å². The molecule has 5 heteroatoms. The fourth-order valence-electron chi connectivity index (χ4n) is 1.70. The topological polar surface area (TPSA) is 87.5 Å². The van der Waals surface area contributed by atoms with Crippen molar-refractivity contribution in [2.24, 2.45) is 0 Å². The van der Waals surface area contributed by atoms with E-state index in [1.54, 1.807) is 12.4 Å². The van der Waals surface area contributed by atoms with E-state index >= 15 is 0 Å². The Balaban J connectivity index is 2.41. The maximum Gasteiger partial charge on any atom is 0.303 e. The summed E-state index contributed by atoms with van der Waals surface area (Å²) in [7, 11) is 0. The minimum absolute atomic E-state index is 0.156. The van der Waals surface area contributed by atoms with Crippen LogP contribution in [0.15, 0.2) is 18.5 Å². The highest BCUT2D eigenvalue weighted by Gasteiger charge is 2.02. The highest BCUT2D eigenvalue weighted by molar-refractivity contribution is 5.66. The number of aryl methyl sites for hydroxylation is 2. The number of aliphatic carboxylic acids is 2. The molecular weight excluding hydrogens is 234 g/mol. The molecule has 0 saturated heterocycles. The Bertz CT molecular complexity index is 382. The normalized spacial score (nSPS) is 10.2. The summed E-state index contributed by atoms with van der Waals surface area (Å²) in [5.41, 5.74) is 2.01. The number of nitrogens with zero attached hydrogens (tertiary/aromatic N) is 1. The molecule has 18 heavy (non-hydrogen) atoms. The Kier molecular flexibility index (Phi) is 5.84. The number of hydrogen-bond donors (Lipinski definition) is 2. The van der Waals surface area contributed by atoms with E-state index in [1.165, 1.54) is 0 Å². The molecule has 0 aromatic carbocycles. The van der Waals surface area contributed by atoms with Crippen molar-refractivity contribution >= 4 is 11.9 Å². The van der Waals surface area contributed by atoms with Crippen molar-refractivity contribution < 1.29 is 19.8 Å². The second-order valence-electron chi connectivity index (χ2n) is 4.20. The monoisotopic (exact) mass is 251 g/mol. The summed E-state index contributed by atoms with van der Waals surface area (Å²) in [4.78, 5) is 24.9. The standard InChI is InChI=1S/C13H17NO4/c15-12(16)5-1-3-10-7-11(9-14-8-10)4-2-6-13(17)18/h7-9H,1-6H2,(H,15,16)(H,17,18). The molecule has 0 aliphatic heterocycles. The van der Waals surface area contributed by atoms with Crippen LogP contribution in [0, 0.1) is 0 Å². The van der Waals surface area contributed by atoms with E-state index in [0.29, 0.717) is 25.7 Å². The van der Waals surface area contributed by atoms with Gasteiger partial charge in [-0.25, -0.2) is 0 Å². The summed E-state index contributed by atoms with van der Waals surface area (Å²) >= 11 is 0. The molecule has 1 rings (SSSR count). The third-order valence-corrected chi connectivity index (χ3v) is 2.56. The fraction of sp³-hybridized carbons (Fsp3) is 0.462. The molecule has 1 heterocycles. The van der Waals surface area contributed by atoms with Gasteiger partial charge < -0.3 is 10.2 Å². The van der Waals surface area contributed by atoms with Crippen LogP contribution in [0.3, 0.4) is 0 Å². The van der Waals surface area contributed by atoms with Gasteiger partial charge in [0, 0.05) is 25.2 Å². The molecule has 1 aromatic rings. The van der Waals surface area contributed by atoms with Crippen LogP contribution in [-0.2, 0) is 22.4 Å². The first kappa shape index (κ1) is 14.2. The van der Waals surface area contributed by atoms with E-state index in [4.69, 9.17) is 10.2 Å². The third-order valence-electron chi connectivity index (χ3n) is 2.56. The summed E-state index contributed by atoms with van der Waals surface area (Å²) in [5.74, 6) is -1.58. The van der Waals surface area contributed by atoms with Crippen molar-refractivity contribution in [1.29, 1.82) is 0 Å². The molecule has 0 aliphatic rings. The van der Waals surface area contributed by atoms with Crippen LogP contribution in [0.2, 0.25) is 0 Å². The lowest BCUT2D eigenvalue weighted by molar-refractivity contribution is -0.138. The van der Waals surface area contributed by atoms with Crippen LogP contribution in [0.1, 0.15) is 36.8 Å². The average Bonchev–Trinajstić information content (AvgIpc) is 2.28. The second-order valence-corrected chi connectivity index (χ2v) is 4.20. The Labute approximate surface area is 105 Å². The van der Waals surface area contributed by atoms with Crippen molar-refractivity contribution in [2.45, 2.75) is 38.5 Å². The van der Waals surface area contributed by atoms with Gasteiger partial charge in [-0.15, -0.1) is 0 Å². The summed E-state index contributed by atoms with van der Waals surface area (Å²) in [6.45, 7) is 0. The predicted molar refractivity (Wildman–Crippen MR) is 65.4 cm³/mol. The molecule has 1 aromatic heterocycles. The minimum atomic E-state index is -0.791. The van der Waals surface area contributed by atoms with Gasteiger partial charge in [-0.1, -0.05) is 6.07 Å². The summed E-state index contributed by atoms with van der Waals surface area (Å²) in [5, 5.41) is 17.1. The lowest BCUT2D eigenvalue weighted by atomic mass is 10.1. The Morgan fingerprint density at radius 1 is 0.944 bits per heavy atom.